The molecule has 4 N–H and O–H groups in total. The molecule has 1 saturated heterocycles. The van der Waals surface area contributed by atoms with Gasteiger partial charge < -0.3 is 30.2 Å². The van der Waals surface area contributed by atoms with Crippen molar-refractivity contribution in [2.24, 2.45) is 23.8 Å². The number of amides is 5. The molecule has 14 nitrogen and oxygen atoms in total. The molecule has 4 bridgehead atoms. The van der Waals surface area contributed by atoms with Gasteiger partial charge >= 0.3 is 6.09 Å². The molecule has 55 heavy (non-hydrogen) atoms. The molecule has 0 unspecified atom stereocenters. The second-order valence-electron chi connectivity index (χ2n) is 17.3. The van der Waals surface area contributed by atoms with Crippen molar-refractivity contribution in [3.05, 3.63) is 54.3 Å². The first-order chi connectivity index (χ1) is 25.6. The molecule has 2 aromatic rings. The molecule has 1 aromatic heterocycles. The summed E-state index contributed by atoms with van der Waals surface area (Å²) in [5.74, 6) is -3.41. The number of nitrogens with zero attached hydrogens (tertiary/aromatic N) is 2. The molecule has 0 radical (unpaired) electrons. The summed E-state index contributed by atoms with van der Waals surface area (Å²) in [4.78, 5) is 71.2. The lowest BCUT2D eigenvalue weighted by atomic mass is 9.85. The van der Waals surface area contributed by atoms with Crippen molar-refractivity contribution in [2.45, 2.75) is 109 Å². The van der Waals surface area contributed by atoms with E-state index in [0.29, 0.717) is 31.4 Å². The van der Waals surface area contributed by atoms with Crippen molar-refractivity contribution in [3.63, 3.8) is 0 Å². The van der Waals surface area contributed by atoms with E-state index in [2.05, 4.69) is 33.3 Å². The van der Waals surface area contributed by atoms with Crippen LogP contribution in [0.5, 0.6) is 0 Å². The van der Waals surface area contributed by atoms with Crippen LogP contribution in [0.3, 0.4) is 0 Å². The van der Waals surface area contributed by atoms with Gasteiger partial charge in [-0.05, 0) is 67.6 Å². The molecule has 3 heterocycles. The summed E-state index contributed by atoms with van der Waals surface area (Å²) >= 11 is 0. The van der Waals surface area contributed by atoms with Crippen molar-refractivity contribution in [1.29, 1.82) is 0 Å². The molecule has 2 fully saturated rings. The van der Waals surface area contributed by atoms with Gasteiger partial charge in [0.25, 0.3) is 11.8 Å². The molecule has 5 atom stereocenters. The Bertz CT molecular complexity index is 2010. The molecule has 5 amide bonds. The van der Waals surface area contributed by atoms with Crippen molar-refractivity contribution in [2.75, 3.05) is 13.2 Å². The van der Waals surface area contributed by atoms with Crippen molar-refractivity contribution in [1.82, 2.24) is 30.1 Å². The zero-order valence-electron chi connectivity index (χ0n) is 33.2. The number of cyclic esters (lactones) is 1. The zero-order chi connectivity index (χ0) is 40.7. The summed E-state index contributed by atoms with van der Waals surface area (Å²) in [6.07, 6.45) is 6.97. The summed E-state index contributed by atoms with van der Waals surface area (Å²) in [5.41, 5.74) is -0.854. The van der Waals surface area contributed by atoms with Gasteiger partial charge in [0.05, 0.1) is 11.9 Å². The maximum atomic E-state index is 14.6. The first-order valence-corrected chi connectivity index (χ1v) is 20.4. The molecular formula is C40H56N6O8S. The summed E-state index contributed by atoms with van der Waals surface area (Å²) in [6.45, 7) is 16.1. The normalized spacial score (nSPS) is 24.8. The van der Waals surface area contributed by atoms with Crippen LogP contribution in [-0.4, -0.2) is 89.7 Å². The number of ether oxygens (including phenoxy) is 1. The van der Waals surface area contributed by atoms with Crippen LogP contribution in [-0.2, 0) is 36.2 Å². The first kappa shape index (κ1) is 41.5. The number of hydrogen-bond donors (Lipinski definition) is 4. The molecule has 300 valence electrons. The van der Waals surface area contributed by atoms with Gasteiger partial charge in [-0.25, -0.2) is 13.2 Å². The third kappa shape index (κ3) is 9.08. The Kier molecular flexibility index (Phi) is 11.7. The highest BCUT2D eigenvalue weighted by molar-refractivity contribution is 7.91. The number of sulfonamides is 1. The lowest BCUT2D eigenvalue weighted by Crippen LogP contribution is -2.64. The summed E-state index contributed by atoms with van der Waals surface area (Å²) in [5, 5.41) is 8.71. The molecule has 2 aliphatic heterocycles. The van der Waals surface area contributed by atoms with Crippen LogP contribution in [0.2, 0.25) is 0 Å². The van der Waals surface area contributed by atoms with E-state index in [-0.39, 0.29) is 19.6 Å². The van der Waals surface area contributed by atoms with E-state index in [4.69, 9.17) is 4.74 Å². The van der Waals surface area contributed by atoms with Crippen molar-refractivity contribution in [3.8, 4) is 0 Å². The van der Waals surface area contributed by atoms with Gasteiger partial charge in [-0.1, -0.05) is 71.9 Å². The smallest absolute Gasteiger partial charge is 0.407 e. The lowest BCUT2D eigenvalue weighted by molar-refractivity contribution is -0.143. The van der Waals surface area contributed by atoms with E-state index in [1.807, 2.05) is 44.2 Å². The first-order valence-electron chi connectivity index (χ1n) is 18.9. The number of rotatable bonds is 7. The maximum absolute atomic E-state index is 14.6. The second-order valence-corrected chi connectivity index (χ2v) is 19.3. The fourth-order valence-corrected chi connectivity index (χ4v) is 8.47. The number of alkyl carbamates (subject to hydrolysis) is 1. The molecule has 15 heteroatoms. The highest BCUT2D eigenvalue weighted by Gasteiger charge is 2.49. The lowest BCUT2D eigenvalue weighted by Gasteiger charge is -2.37. The van der Waals surface area contributed by atoms with Gasteiger partial charge in [-0.3, -0.25) is 23.9 Å². The Labute approximate surface area is 323 Å². The third-order valence-corrected chi connectivity index (χ3v) is 13.0. The van der Waals surface area contributed by atoms with Crippen molar-refractivity contribution < 1.29 is 37.1 Å². The fourth-order valence-electron chi connectivity index (χ4n) is 7.08. The number of hydrogen-bond acceptors (Lipinski definition) is 8. The van der Waals surface area contributed by atoms with E-state index in [9.17, 15) is 32.4 Å². The average molecular weight is 781 g/mol. The van der Waals surface area contributed by atoms with Crippen LogP contribution in [0.15, 0.2) is 43.0 Å². The van der Waals surface area contributed by atoms with E-state index in [0.717, 1.165) is 16.5 Å². The summed E-state index contributed by atoms with van der Waals surface area (Å²) < 4.78 is 35.2. The number of aryl methyl sites for hydroxylation is 1. The Morgan fingerprint density at radius 2 is 1.80 bits per heavy atom. The minimum atomic E-state index is -3.96. The van der Waals surface area contributed by atoms with E-state index in [1.54, 1.807) is 39.3 Å². The van der Waals surface area contributed by atoms with Crippen LogP contribution in [0.25, 0.3) is 17.0 Å². The number of carbonyl (C=O) groups excluding carboxylic acids is 5. The standard InChI is InChI=1S/C40H56N6O8S/c1-10-24(2)40(8,36(50)44-55(52,53)27-17-18-27)43-34(48)31-20-26-22-46(31)35(49)32(38(3,4)5)42-37(51)54-23-39(6,7)19-12-11-14-25-15-13-16-29-28(25)21-30(45(29)9)33(47)41-26/h10-11,13-16,21,24,26-27,31-32H,1,12,17-20,22-23H2,2-9H3,(H,41,47)(H,42,51)(H,43,48)(H,44,50)/b14-11+/t24-,26+,31-,32+,40+/m0/s1. The van der Waals surface area contributed by atoms with E-state index >= 15 is 0 Å². The molecule has 0 spiro atoms. The molecule has 1 aliphatic carbocycles. The average Bonchev–Trinajstić information content (AvgIpc) is 3.81. The highest BCUT2D eigenvalue weighted by Crippen LogP contribution is 2.31. The number of nitrogens with one attached hydrogen (secondary N) is 4. The minimum Gasteiger partial charge on any atom is -0.449 e. The van der Waals surface area contributed by atoms with Gasteiger partial charge in [0, 0.05) is 36.5 Å². The van der Waals surface area contributed by atoms with Gasteiger partial charge in [-0.15, -0.1) is 6.58 Å². The molecule has 5 rings (SSSR count). The number of carbonyl (C=O) groups is 5. The van der Waals surface area contributed by atoms with Crippen LogP contribution in [0.1, 0.15) is 96.6 Å². The Hall–Kier alpha value is -4.66. The van der Waals surface area contributed by atoms with Crippen LogP contribution >= 0.6 is 0 Å². The Morgan fingerprint density at radius 1 is 1.11 bits per heavy atom. The summed E-state index contributed by atoms with van der Waals surface area (Å²) in [6, 6.07) is 4.57. The van der Waals surface area contributed by atoms with Crippen LogP contribution in [0, 0.1) is 16.7 Å². The SMILES string of the molecule is C=C[C@H](C)[C@@](C)(NC(=O)[C@@H]1C[C@@H]2CN1C(=O)[C@H](C(C)(C)C)NC(=O)OCC(C)(C)CC/C=C/c1cccc3c1cc(n3C)C(=O)N2)C(=O)NS(=O)(=O)C1CC1. The van der Waals surface area contributed by atoms with Gasteiger partial charge in [0.1, 0.15) is 23.3 Å². The predicted molar refractivity (Wildman–Crippen MR) is 210 cm³/mol. The second kappa shape index (κ2) is 15.5. The van der Waals surface area contributed by atoms with Crippen molar-refractivity contribution >= 4 is 56.7 Å². The van der Waals surface area contributed by atoms with Gasteiger partial charge in [-0.2, -0.15) is 0 Å². The third-order valence-electron chi connectivity index (χ3n) is 11.1. The van der Waals surface area contributed by atoms with E-state index in [1.165, 1.54) is 17.9 Å². The number of aromatic nitrogens is 1. The largest absolute Gasteiger partial charge is 0.449 e. The maximum Gasteiger partial charge on any atom is 0.407 e. The molecule has 1 aromatic carbocycles. The highest BCUT2D eigenvalue weighted by atomic mass is 32.2. The monoisotopic (exact) mass is 780 g/mol. The molecule has 3 aliphatic rings. The summed E-state index contributed by atoms with van der Waals surface area (Å²) in [7, 11) is -2.16. The van der Waals surface area contributed by atoms with E-state index < -0.39 is 85.4 Å². The molecule has 1 saturated carbocycles. The quantitative estimate of drug-likeness (QED) is 0.302. The van der Waals surface area contributed by atoms with Crippen LogP contribution in [0.4, 0.5) is 4.79 Å². The zero-order valence-corrected chi connectivity index (χ0v) is 34.0. The molecular weight excluding hydrogens is 725 g/mol. The van der Waals surface area contributed by atoms with Gasteiger partial charge in [0.2, 0.25) is 21.8 Å². The number of allylic oxidation sites excluding steroid dienone is 1. The van der Waals surface area contributed by atoms with Gasteiger partial charge in [0.15, 0.2) is 0 Å². The number of benzene rings is 1. The minimum absolute atomic E-state index is 0.0305. The predicted octanol–water partition coefficient (Wildman–Crippen LogP) is 4.16. The van der Waals surface area contributed by atoms with Crippen LogP contribution < -0.4 is 20.7 Å². The number of fused-ring (bicyclic) bond motifs is 3. The topological polar surface area (TPSA) is 185 Å². The Morgan fingerprint density at radius 3 is 2.44 bits per heavy atom. The Balaban J connectivity index is 1.53. The fraction of sp³-hybridized carbons (Fsp3) is 0.575.